The minimum Gasteiger partial charge on any atom is -0.480 e. The van der Waals surface area contributed by atoms with Crippen molar-refractivity contribution < 1.29 is 24.2 Å². The van der Waals surface area contributed by atoms with E-state index in [2.05, 4.69) is 10.6 Å². The van der Waals surface area contributed by atoms with Gasteiger partial charge in [0.05, 0.1) is 12.2 Å². The third-order valence-corrected chi connectivity index (χ3v) is 2.11. The Labute approximate surface area is 112 Å². The summed E-state index contributed by atoms with van der Waals surface area (Å²) in [6.45, 7) is 7.97. The van der Waals surface area contributed by atoms with Gasteiger partial charge < -0.3 is 20.5 Å². The lowest BCUT2D eigenvalue weighted by Crippen LogP contribution is -2.52. The molecule has 3 N–H and O–H groups in total. The molecule has 0 aliphatic carbocycles. The first-order valence-electron chi connectivity index (χ1n) is 5.97. The van der Waals surface area contributed by atoms with E-state index in [0.29, 0.717) is 0 Å². The average molecular weight is 274 g/mol. The number of ether oxygens (including phenoxy) is 1. The van der Waals surface area contributed by atoms with E-state index in [4.69, 9.17) is 9.84 Å². The van der Waals surface area contributed by atoms with Crippen molar-refractivity contribution in [3.05, 3.63) is 0 Å². The lowest BCUT2D eigenvalue weighted by molar-refractivity contribution is -0.145. The van der Waals surface area contributed by atoms with E-state index in [-0.39, 0.29) is 12.5 Å². The second kappa shape index (κ2) is 7.08. The molecule has 7 nitrogen and oxygen atoms in total. The highest BCUT2D eigenvalue weighted by Crippen LogP contribution is 2.07. The van der Waals surface area contributed by atoms with Crippen molar-refractivity contribution in [2.45, 2.75) is 52.3 Å². The second-order valence-electron chi connectivity index (χ2n) is 5.25. The van der Waals surface area contributed by atoms with Crippen molar-refractivity contribution in [3.63, 3.8) is 0 Å². The zero-order valence-corrected chi connectivity index (χ0v) is 11.9. The van der Waals surface area contributed by atoms with Gasteiger partial charge in [0.15, 0.2) is 6.04 Å². The molecule has 2 amide bonds. The third kappa shape index (κ3) is 8.15. The van der Waals surface area contributed by atoms with Gasteiger partial charge in [0.2, 0.25) is 11.8 Å². The van der Waals surface area contributed by atoms with E-state index >= 15 is 0 Å². The molecule has 0 rings (SSSR count). The molecule has 0 heterocycles. The van der Waals surface area contributed by atoms with Gasteiger partial charge in [-0.15, -0.1) is 0 Å². The zero-order chi connectivity index (χ0) is 15.2. The van der Waals surface area contributed by atoms with E-state index in [0.717, 1.165) is 0 Å². The maximum atomic E-state index is 11.7. The zero-order valence-electron chi connectivity index (χ0n) is 11.9. The molecule has 0 spiro atoms. The van der Waals surface area contributed by atoms with Crippen molar-refractivity contribution in [1.82, 2.24) is 10.6 Å². The molecule has 2 atom stereocenters. The summed E-state index contributed by atoms with van der Waals surface area (Å²) in [7, 11) is 0. The van der Waals surface area contributed by atoms with Crippen molar-refractivity contribution >= 4 is 17.8 Å². The summed E-state index contributed by atoms with van der Waals surface area (Å²) in [6, 6.07) is -1.95. The van der Waals surface area contributed by atoms with Crippen LogP contribution in [0.5, 0.6) is 0 Å². The summed E-state index contributed by atoms with van der Waals surface area (Å²) in [5.74, 6) is -2.12. The number of carbonyl (C=O) groups excluding carboxylic acids is 2. The molecule has 0 bridgehead atoms. The van der Waals surface area contributed by atoms with Crippen LogP contribution in [0.25, 0.3) is 0 Å². The van der Waals surface area contributed by atoms with Crippen LogP contribution in [0.3, 0.4) is 0 Å². The molecular formula is C12H22N2O5. The minimum atomic E-state index is -1.19. The van der Waals surface area contributed by atoms with Crippen molar-refractivity contribution in [2.75, 3.05) is 6.61 Å². The monoisotopic (exact) mass is 274 g/mol. The first kappa shape index (κ1) is 17.4. The quantitative estimate of drug-likeness (QED) is 0.627. The van der Waals surface area contributed by atoms with Gasteiger partial charge in [-0.05, 0) is 27.7 Å². The molecule has 0 saturated heterocycles. The van der Waals surface area contributed by atoms with Gasteiger partial charge in [-0.3, -0.25) is 9.59 Å². The Bertz CT molecular complexity index is 349. The molecule has 0 aromatic heterocycles. The fourth-order valence-corrected chi connectivity index (χ4v) is 1.18. The molecule has 0 saturated carbocycles. The van der Waals surface area contributed by atoms with Gasteiger partial charge in [-0.2, -0.15) is 0 Å². The van der Waals surface area contributed by atoms with Crippen LogP contribution in [0.15, 0.2) is 0 Å². The molecule has 7 heteroatoms. The SMILES string of the molecule is CC(=O)NC(C)C(=O)N[C@@H](COC(C)(C)C)C(=O)O. The Morgan fingerprint density at radius 3 is 2.11 bits per heavy atom. The summed E-state index contributed by atoms with van der Waals surface area (Å²) >= 11 is 0. The van der Waals surface area contributed by atoms with Crippen LogP contribution in [0.4, 0.5) is 0 Å². The fraction of sp³-hybridized carbons (Fsp3) is 0.750. The van der Waals surface area contributed by atoms with Crippen molar-refractivity contribution in [2.24, 2.45) is 0 Å². The van der Waals surface area contributed by atoms with Crippen LogP contribution < -0.4 is 10.6 Å². The Kier molecular flexibility index (Phi) is 6.47. The van der Waals surface area contributed by atoms with Gasteiger partial charge in [0.25, 0.3) is 0 Å². The Hall–Kier alpha value is -1.63. The highest BCUT2D eigenvalue weighted by molar-refractivity contribution is 5.89. The van der Waals surface area contributed by atoms with Crippen LogP contribution >= 0.6 is 0 Å². The summed E-state index contributed by atoms with van der Waals surface area (Å²) in [5, 5.41) is 13.7. The second-order valence-corrected chi connectivity index (χ2v) is 5.25. The topological polar surface area (TPSA) is 105 Å². The van der Waals surface area contributed by atoms with Gasteiger partial charge in [-0.25, -0.2) is 4.79 Å². The number of carboxylic acid groups (broad SMARTS) is 1. The molecule has 0 aromatic carbocycles. The normalized spacial score (nSPS) is 14.4. The number of rotatable bonds is 6. The van der Waals surface area contributed by atoms with Gasteiger partial charge in [0.1, 0.15) is 6.04 Å². The predicted molar refractivity (Wildman–Crippen MR) is 68.6 cm³/mol. The lowest BCUT2D eigenvalue weighted by Gasteiger charge is -2.24. The Morgan fingerprint density at radius 1 is 1.21 bits per heavy atom. The van der Waals surface area contributed by atoms with Crippen molar-refractivity contribution in [3.8, 4) is 0 Å². The molecule has 19 heavy (non-hydrogen) atoms. The van der Waals surface area contributed by atoms with Gasteiger partial charge >= 0.3 is 5.97 Å². The van der Waals surface area contributed by atoms with E-state index in [1.807, 2.05) is 0 Å². The largest absolute Gasteiger partial charge is 0.480 e. The Balaban J connectivity index is 4.46. The molecule has 1 unspecified atom stereocenters. The van der Waals surface area contributed by atoms with Gasteiger partial charge in [-0.1, -0.05) is 0 Å². The van der Waals surface area contributed by atoms with Crippen LogP contribution in [0.1, 0.15) is 34.6 Å². The number of hydrogen-bond donors (Lipinski definition) is 3. The first-order chi connectivity index (χ1) is 8.53. The van der Waals surface area contributed by atoms with E-state index < -0.39 is 29.6 Å². The summed E-state index contributed by atoms with van der Waals surface area (Å²) in [4.78, 5) is 33.5. The maximum absolute atomic E-state index is 11.7. The lowest BCUT2D eigenvalue weighted by atomic mass is 10.2. The molecule has 0 aromatic rings. The Morgan fingerprint density at radius 2 is 1.74 bits per heavy atom. The van der Waals surface area contributed by atoms with Crippen LogP contribution in [-0.2, 0) is 19.1 Å². The molecule has 0 fully saturated rings. The fourth-order valence-electron chi connectivity index (χ4n) is 1.18. The average Bonchev–Trinajstić information content (AvgIpc) is 2.20. The van der Waals surface area contributed by atoms with Crippen LogP contribution in [0.2, 0.25) is 0 Å². The molecule has 110 valence electrons. The van der Waals surface area contributed by atoms with Crippen LogP contribution in [0, 0.1) is 0 Å². The highest BCUT2D eigenvalue weighted by Gasteiger charge is 2.25. The maximum Gasteiger partial charge on any atom is 0.328 e. The number of nitrogens with one attached hydrogen (secondary N) is 2. The number of amides is 2. The third-order valence-electron chi connectivity index (χ3n) is 2.11. The molecular weight excluding hydrogens is 252 g/mol. The first-order valence-corrected chi connectivity index (χ1v) is 5.97. The number of aliphatic carboxylic acids is 1. The smallest absolute Gasteiger partial charge is 0.328 e. The number of hydrogen-bond acceptors (Lipinski definition) is 4. The molecule has 0 aliphatic rings. The number of carboxylic acids is 1. The summed E-state index contributed by atoms with van der Waals surface area (Å²) in [5.41, 5.74) is -0.498. The minimum absolute atomic E-state index is 0.142. The predicted octanol–water partition coefficient (Wildman–Crippen LogP) is -0.104. The van der Waals surface area contributed by atoms with E-state index in [9.17, 15) is 14.4 Å². The summed E-state index contributed by atoms with van der Waals surface area (Å²) < 4.78 is 5.33. The van der Waals surface area contributed by atoms with Gasteiger partial charge in [0, 0.05) is 6.92 Å². The summed E-state index contributed by atoms with van der Waals surface area (Å²) in [6.07, 6.45) is 0. The number of carbonyl (C=O) groups is 3. The van der Waals surface area contributed by atoms with E-state index in [1.54, 1.807) is 20.8 Å². The standard InChI is InChI=1S/C12H22N2O5/c1-7(13-8(2)15)10(16)14-9(11(17)18)6-19-12(3,4)5/h7,9H,6H2,1-5H3,(H,13,15)(H,14,16)(H,17,18)/t7?,9-/m0/s1. The van der Waals surface area contributed by atoms with Crippen LogP contribution in [-0.4, -0.2) is 47.2 Å². The van der Waals surface area contributed by atoms with Crippen molar-refractivity contribution in [1.29, 1.82) is 0 Å². The molecule has 0 radical (unpaired) electrons. The van der Waals surface area contributed by atoms with E-state index in [1.165, 1.54) is 13.8 Å². The highest BCUT2D eigenvalue weighted by atomic mass is 16.5. The molecule has 0 aliphatic heterocycles.